The first kappa shape index (κ1) is 18.9. The molecule has 3 rings (SSSR count). The van der Waals surface area contributed by atoms with Crippen molar-refractivity contribution < 1.29 is 14.1 Å². The van der Waals surface area contributed by atoms with Crippen LogP contribution in [0, 0.1) is 0 Å². The SMILES string of the molecule is CC[NH+](CC)Cc1ccc(CNC(=O)c2cc3ccccc3oc2=O)cc1. The summed E-state index contributed by atoms with van der Waals surface area (Å²) in [4.78, 5) is 26.0. The van der Waals surface area contributed by atoms with Crippen LogP contribution in [0.2, 0.25) is 0 Å². The highest BCUT2D eigenvalue weighted by Gasteiger charge is 2.13. The van der Waals surface area contributed by atoms with Crippen molar-refractivity contribution >= 4 is 16.9 Å². The van der Waals surface area contributed by atoms with Gasteiger partial charge in [-0.15, -0.1) is 0 Å². The zero-order chi connectivity index (χ0) is 19.2. The first-order chi connectivity index (χ1) is 13.1. The second-order valence-electron chi connectivity index (χ2n) is 6.62. The third-order valence-corrected chi connectivity index (χ3v) is 4.82. The quantitative estimate of drug-likeness (QED) is 0.631. The van der Waals surface area contributed by atoms with Crippen LogP contribution >= 0.6 is 0 Å². The monoisotopic (exact) mass is 365 g/mol. The molecule has 0 radical (unpaired) electrons. The fourth-order valence-electron chi connectivity index (χ4n) is 3.06. The number of fused-ring (bicyclic) bond motifs is 1. The molecule has 0 aliphatic carbocycles. The summed E-state index contributed by atoms with van der Waals surface area (Å²) in [5.74, 6) is -0.425. The largest absolute Gasteiger partial charge is 0.422 e. The number of amides is 1. The Morgan fingerprint density at radius 2 is 1.67 bits per heavy atom. The fourth-order valence-corrected chi connectivity index (χ4v) is 3.06. The van der Waals surface area contributed by atoms with Crippen molar-refractivity contribution in [3.63, 3.8) is 0 Å². The summed E-state index contributed by atoms with van der Waals surface area (Å²) in [6.07, 6.45) is 0. The molecule has 1 aromatic heterocycles. The highest BCUT2D eigenvalue weighted by atomic mass is 16.4. The van der Waals surface area contributed by atoms with Gasteiger partial charge >= 0.3 is 5.63 Å². The van der Waals surface area contributed by atoms with Gasteiger partial charge in [0, 0.05) is 17.5 Å². The Morgan fingerprint density at radius 3 is 2.37 bits per heavy atom. The standard InChI is InChI=1S/C22H24N2O3/c1-3-24(4-2)15-17-11-9-16(10-12-17)14-23-21(25)19-13-18-7-5-6-8-20(18)27-22(19)26/h5-13H,3-4,14-15H2,1-2H3,(H,23,25)/p+1. The molecular weight excluding hydrogens is 340 g/mol. The van der Waals surface area contributed by atoms with Crippen molar-refractivity contribution in [2.75, 3.05) is 13.1 Å². The molecule has 0 atom stereocenters. The first-order valence-corrected chi connectivity index (χ1v) is 9.33. The summed E-state index contributed by atoms with van der Waals surface area (Å²) in [5.41, 5.74) is 2.15. The average molecular weight is 365 g/mol. The molecule has 0 aliphatic heterocycles. The molecule has 1 amide bonds. The number of para-hydroxylation sites is 1. The predicted molar refractivity (Wildman–Crippen MR) is 106 cm³/mol. The van der Waals surface area contributed by atoms with Gasteiger partial charge in [-0.25, -0.2) is 4.79 Å². The van der Waals surface area contributed by atoms with Crippen LogP contribution in [0.15, 0.2) is 63.8 Å². The molecule has 0 saturated heterocycles. The molecule has 2 aromatic carbocycles. The van der Waals surface area contributed by atoms with E-state index >= 15 is 0 Å². The molecule has 0 saturated carbocycles. The van der Waals surface area contributed by atoms with Gasteiger partial charge in [0.1, 0.15) is 17.7 Å². The molecule has 5 heteroatoms. The van der Waals surface area contributed by atoms with Crippen molar-refractivity contribution in [1.82, 2.24) is 5.32 Å². The molecule has 2 N–H and O–H groups in total. The third-order valence-electron chi connectivity index (χ3n) is 4.82. The molecule has 5 nitrogen and oxygen atoms in total. The van der Waals surface area contributed by atoms with Gasteiger partial charge in [0.15, 0.2) is 0 Å². The highest BCUT2D eigenvalue weighted by Crippen LogP contribution is 2.12. The molecule has 140 valence electrons. The molecule has 3 aromatic rings. The number of hydrogen-bond acceptors (Lipinski definition) is 3. The summed E-state index contributed by atoms with van der Waals surface area (Å²) in [6.45, 7) is 7.94. The Hall–Kier alpha value is -2.92. The fraction of sp³-hybridized carbons (Fsp3) is 0.273. The van der Waals surface area contributed by atoms with Gasteiger partial charge in [-0.3, -0.25) is 4.79 Å². The van der Waals surface area contributed by atoms with Crippen LogP contribution in [-0.4, -0.2) is 19.0 Å². The molecule has 1 heterocycles. The molecule has 27 heavy (non-hydrogen) atoms. The summed E-state index contributed by atoms with van der Waals surface area (Å²) in [5, 5.41) is 3.53. The lowest BCUT2D eigenvalue weighted by atomic mass is 10.1. The van der Waals surface area contributed by atoms with Crippen molar-refractivity contribution in [3.8, 4) is 0 Å². The van der Waals surface area contributed by atoms with E-state index in [0.29, 0.717) is 12.1 Å². The van der Waals surface area contributed by atoms with E-state index < -0.39 is 11.5 Å². The van der Waals surface area contributed by atoms with Gasteiger partial charge in [-0.2, -0.15) is 0 Å². The molecule has 0 unspecified atom stereocenters. The smallest absolute Gasteiger partial charge is 0.349 e. The lowest BCUT2D eigenvalue weighted by Crippen LogP contribution is -3.10. The van der Waals surface area contributed by atoms with Crippen molar-refractivity contribution in [3.05, 3.63) is 81.7 Å². The molecule has 0 bridgehead atoms. The second kappa shape index (κ2) is 8.64. The number of carbonyl (C=O) groups excluding carboxylic acids is 1. The van der Waals surface area contributed by atoms with E-state index in [1.165, 1.54) is 10.5 Å². The molecule has 0 spiro atoms. The topological polar surface area (TPSA) is 63.8 Å². The Bertz CT molecular complexity index is 973. The van der Waals surface area contributed by atoms with Crippen LogP contribution in [0.25, 0.3) is 11.0 Å². The van der Waals surface area contributed by atoms with Gasteiger partial charge < -0.3 is 14.6 Å². The van der Waals surface area contributed by atoms with Crippen LogP contribution in [0.3, 0.4) is 0 Å². The van der Waals surface area contributed by atoms with E-state index in [2.05, 4.69) is 31.3 Å². The Morgan fingerprint density at radius 1 is 1.00 bits per heavy atom. The minimum Gasteiger partial charge on any atom is -0.422 e. The Kier molecular flexibility index (Phi) is 6.04. The van der Waals surface area contributed by atoms with E-state index in [-0.39, 0.29) is 5.56 Å². The normalized spacial score (nSPS) is 11.1. The van der Waals surface area contributed by atoms with Gasteiger partial charge in [0.2, 0.25) is 0 Å². The number of nitrogens with one attached hydrogen (secondary N) is 2. The Labute approximate surface area is 158 Å². The molecular formula is C22H25N2O3+. The highest BCUT2D eigenvalue weighted by molar-refractivity contribution is 5.96. The zero-order valence-electron chi connectivity index (χ0n) is 15.7. The van der Waals surface area contributed by atoms with E-state index in [0.717, 1.165) is 30.6 Å². The predicted octanol–water partition coefficient (Wildman–Crippen LogP) is 2.15. The van der Waals surface area contributed by atoms with Crippen LogP contribution in [0.1, 0.15) is 35.3 Å². The summed E-state index contributed by atoms with van der Waals surface area (Å²) in [7, 11) is 0. The number of carbonyl (C=O) groups is 1. The van der Waals surface area contributed by atoms with Gasteiger partial charge in [-0.05, 0) is 31.5 Å². The van der Waals surface area contributed by atoms with Gasteiger partial charge in [0.05, 0.1) is 13.1 Å². The second-order valence-corrected chi connectivity index (χ2v) is 6.62. The maximum atomic E-state index is 12.4. The summed E-state index contributed by atoms with van der Waals surface area (Å²) >= 11 is 0. The maximum Gasteiger partial charge on any atom is 0.349 e. The van der Waals surface area contributed by atoms with Crippen molar-refractivity contribution in [1.29, 1.82) is 0 Å². The number of benzene rings is 2. The van der Waals surface area contributed by atoms with E-state index in [9.17, 15) is 9.59 Å². The minimum absolute atomic E-state index is 0.0236. The van der Waals surface area contributed by atoms with E-state index in [4.69, 9.17) is 4.42 Å². The van der Waals surface area contributed by atoms with Crippen LogP contribution < -0.4 is 15.8 Å². The average Bonchev–Trinajstić information content (AvgIpc) is 2.70. The maximum absolute atomic E-state index is 12.4. The summed E-state index contributed by atoms with van der Waals surface area (Å²) < 4.78 is 5.22. The third kappa shape index (κ3) is 4.63. The Balaban J connectivity index is 1.65. The van der Waals surface area contributed by atoms with Crippen LogP contribution in [0.5, 0.6) is 0 Å². The number of hydrogen-bond donors (Lipinski definition) is 2. The van der Waals surface area contributed by atoms with E-state index in [1.807, 2.05) is 24.3 Å². The lowest BCUT2D eigenvalue weighted by molar-refractivity contribution is -0.910. The number of rotatable bonds is 7. The van der Waals surface area contributed by atoms with Crippen molar-refractivity contribution in [2.45, 2.75) is 26.9 Å². The van der Waals surface area contributed by atoms with Crippen LogP contribution in [0.4, 0.5) is 0 Å². The number of quaternary nitrogens is 1. The van der Waals surface area contributed by atoms with E-state index in [1.54, 1.807) is 18.2 Å². The molecule has 0 aliphatic rings. The van der Waals surface area contributed by atoms with Gasteiger partial charge in [0.25, 0.3) is 5.91 Å². The van der Waals surface area contributed by atoms with Crippen molar-refractivity contribution in [2.24, 2.45) is 0 Å². The first-order valence-electron chi connectivity index (χ1n) is 9.33. The van der Waals surface area contributed by atoms with Gasteiger partial charge in [-0.1, -0.05) is 42.5 Å². The van der Waals surface area contributed by atoms with Crippen LogP contribution in [-0.2, 0) is 13.1 Å². The summed E-state index contributed by atoms with van der Waals surface area (Å²) in [6, 6.07) is 16.9. The lowest BCUT2D eigenvalue weighted by Gasteiger charge is -2.15. The molecule has 0 fully saturated rings. The minimum atomic E-state index is -0.622. The zero-order valence-corrected chi connectivity index (χ0v) is 15.7.